The molecule has 0 fully saturated rings. The summed E-state index contributed by atoms with van der Waals surface area (Å²) in [4.78, 5) is 18.2. The smallest absolute Gasteiger partial charge is 0.279 e. The summed E-state index contributed by atoms with van der Waals surface area (Å²) in [6, 6.07) is 12.1. The average molecular weight is 504 g/mol. The minimum Gasteiger partial charge on any atom is -0.380 e. The molecule has 0 aliphatic heterocycles. The Bertz CT molecular complexity index is 1290. The Morgan fingerprint density at radius 1 is 1.06 bits per heavy atom. The number of fused-ring (bicyclic) bond motifs is 1. The van der Waals surface area contributed by atoms with Gasteiger partial charge >= 0.3 is 0 Å². The normalized spacial score (nSPS) is 12.7. The number of sulfonamides is 1. The van der Waals surface area contributed by atoms with E-state index in [4.69, 9.17) is 4.74 Å². The first-order valence-corrected chi connectivity index (χ1v) is 13.9. The van der Waals surface area contributed by atoms with E-state index in [1.54, 1.807) is 0 Å². The number of thiazole rings is 1. The lowest BCUT2D eigenvalue weighted by Crippen LogP contribution is -2.32. The number of para-hydroxylation sites is 1. The molecule has 3 rings (SSSR count). The third kappa shape index (κ3) is 5.83. The molecule has 1 heterocycles. The second-order valence-corrected chi connectivity index (χ2v) is 10.9. The molecule has 0 spiro atoms. The summed E-state index contributed by atoms with van der Waals surface area (Å²) in [5.41, 5.74) is 2.51. The fourth-order valence-corrected chi connectivity index (χ4v) is 6.58. The van der Waals surface area contributed by atoms with E-state index in [9.17, 15) is 13.2 Å². The molecule has 0 saturated heterocycles. The zero-order valence-electron chi connectivity index (χ0n) is 20.3. The topological polar surface area (TPSA) is 81.0 Å². The first-order valence-electron chi connectivity index (χ1n) is 11.7. The highest BCUT2D eigenvalue weighted by molar-refractivity contribution is 7.89. The van der Waals surface area contributed by atoms with Gasteiger partial charge < -0.3 is 9.30 Å². The number of carbonyl (C=O) groups is 1. The number of hydrogen-bond acceptors (Lipinski definition) is 5. The van der Waals surface area contributed by atoms with Crippen molar-refractivity contribution in [2.24, 2.45) is 4.99 Å². The molecule has 0 aliphatic rings. The molecule has 0 unspecified atom stereocenters. The predicted molar refractivity (Wildman–Crippen MR) is 137 cm³/mol. The van der Waals surface area contributed by atoms with E-state index in [1.807, 2.05) is 50.5 Å². The molecule has 34 heavy (non-hydrogen) atoms. The van der Waals surface area contributed by atoms with Crippen LogP contribution in [0.5, 0.6) is 0 Å². The van der Waals surface area contributed by atoms with Crippen LogP contribution in [0.25, 0.3) is 10.2 Å². The van der Waals surface area contributed by atoms with E-state index in [2.05, 4.69) is 4.99 Å². The van der Waals surface area contributed by atoms with Gasteiger partial charge in [-0.15, -0.1) is 0 Å². The van der Waals surface area contributed by atoms with Gasteiger partial charge in [-0.2, -0.15) is 9.30 Å². The summed E-state index contributed by atoms with van der Waals surface area (Å²) in [5.74, 6) is -0.405. The number of rotatable bonds is 11. The lowest BCUT2D eigenvalue weighted by molar-refractivity contribution is 0.0996. The molecule has 9 heteroatoms. The first kappa shape index (κ1) is 26.3. The van der Waals surface area contributed by atoms with Crippen LogP contribution in [0.3, 0.4) is 0 Å². The molecule has 0 atom stereocenters. The molecule has 0 aliphatic carbocycles. The summed E-state index contributed by atoms with van der Waals surface area (Å²) in [5, 5.41) is 0. The van der Waals surface area contributed by atoms with Crippen molar-refractivity contribution in [2.75, 3.05) is 26.3 Å². The van der Waals surface area contributed by atoms with Gasteiger partial charge in [0.1, 0.15) is 0 Å². The van der Waals surface area contributed by atoms with Gasteiger partial charge in [0.05, 0.1) is 21.7 Å². The summed E-state index contributed by atoms with van der Waals surface area (Å²) in [7, 11) is -3.59. The van der Waals surface area contributed by atoms with E-state index < -0.39 is 15.9 Å². The largest absolute Gasteiger partial charge is 0.380 e. The van der Waals surface area contributed by atoms with Gasteiger partial charge in [-0.1, -0.05) is 37.3 Å². The van der Waals surface area contributed by atoms with Crippen molar-refractivity contribution in [3.63, 3.8) is 0 Å². The van der Waals surface area contributed by atoms with Crippen LogP contribution in [-0.4, -0.2) is 49.5 Å². The van der Waals surface area contributed by atoms with Crippen LogP contribution >= 0.6 is 11.3 Å². The minimum atomic E-state index is -3.59. The van der Waals surface area contributed by atoms with Crippen LogP contribution in [-0.2, 0) is 21.3 Å². The molecule has 0 saturated carbocycles. The van der Waals surface area contributed by atoms with Crippen LogP contribution < -0.4 is 4.80 Å². The number of carbonyl (C=O) groups excluding carboxylic acids is 1. The Hall–Kier alpha value is -2.33. The van der Waals surface area contributed by atoms with Gasteiger partial charge in [0.25, 0.3) is 5.91 Å². The van der Waals surface area contributed by atoms with Gasteiger partial charge in [0.15, 0.2) is 4.80 Å². The Morgan fingerprint density at radius 3 is 2.35 bits per heavy atom. The third-order valence-electron chi connectivity index (χ3n) is 5.45. The standard InChI is InChI=1S/C25H33N3O4S2/c1-5-15-27(16-6-2)34(30,31)21-13-11-20(12-14-21)24(29)26-25-28(17-18-32-7-3)23-19(4)9-8-10-22(23)33-25/h8-14H,5-7,15-18H2,1-4H3. The molecule has 0 N–H and O–H groups in total. The van der Waals surface area contributed by atoms with E-state index in [0.717, 1.165) is 28.6 Å². The van der Waals surface area contributed by atoms with E-state index in [0.29, 0.717) is 43.2 Å². The van der Waals surface area contributed by atoms with E-state index in [1.165, 1.54) is 39.9 Å². The van der Waals surface area contributed by atoms with Crippen LogP contribution in [0.2, 0.25) is 0 Å². The second-order valence-electron chi connectivity index (χ2n) is 8.00. The summed E-state index contributed by atoms with van der Waals surface area (Å²) >= 11 is 1.46. The monoisotopic (exact) mass is 503 g/mol. The Morgan fingerprint density at radius 2 is 1.74 bits per heavy atom. The van der Waals surface area contributed by atoms with Gasteiger partial charge in [-0.25, -0.2) is 8.42 Å². The van der Waals surface area contributed by atoms with Crippen LogP contribution in [0.1, 0.15) is 49.5 Å². The van der Waals surface area contributed by atoms with Gasteiger partial charge in [-0.05, 0) is 62.6 Å². The predicted octanol–water partition coefficient (Wildman–Crippen LogP) is 4.60. The fraction of sp³-hybridized carbons (Fsp3) is 0.440. The zero-order valence-corrected chi connectivity index (χ0v) is 21.9. The van der Waals surface area contributed by atoms with Crippen molar-refractivity contribution in [3.8, 4) is 0 Å². The number of amides is 1. The van der Waals surface area contributed by atoms with E-state index in [-0.39, 0.29) is 4.90 Å². The van der Waals surface area contributed by atoms with Crippen molar-refractivity contribution in [2.45, 2.75) is 52.0 Å². The van der Waals surface area contributed by atoms with Crippen molar-refractivity contribution >= 4 is 37.5 Å². The Kier molecular flexibility index (Phi) is 9.18. The van der Waals surface area contributed by atoms with Crippen molar-refractivity contribution in [1.29, 1.82) is 0 Å². The second kappa shape index (κ2) is 11.9. The number of aryl methyl sites for hydroxylation is 1. The number of hydrogen-bond donors (Lipinski definition) is 0. The van der Waals surface area contributed by atoms with Crippen molar-refractivity contribution in [1.82, 2.24) is 8.87 Å². The minimum absolute atomic E-state index is 0.190. The third-order valence-corrected chi connectivity index (χ3v) is 8.40. The number of ether oxygens (including phenoxy) is 1. The van der Waals surface area contributed by atoms with Crippen molar-refractivity contribution < 1.29 is 17.9 Å². The maximum absolute atomic E-state index is 13.0. The van der Waals surface area contributed by atoms with Crippen LogP contribution in [0.4, 0.5) is 0 Å². The molecule has 7 nitrogen and oxygen atoms in total. The molecule has 2 aromatic carbocycles. The molecule has 1 amide bonds. The van der Waals surface area contributed by atoms with Gasteiger partial charge in [-0.3, -0.25) is 4.79 Å². The quantitative estimate of drug-likeness (QED) is 0.358. The molecule has 0 bridgehead atoms. The number of nitrogens with zero attached hydrogens (tertiary/aromatic N) is 3. The molecule has 3 aromatic rings. The van der Waals surface area contributed by atoms with Crippen LogP contribution in [0, 0.1) is 6.92 Å². The maximum atomic E-state index is 13.0. The average Bonchev–Trinajstić information content (AvgIpc) is 3.17. The summed E-state index contributed by atoms with van der Waals surface area (Å²) in [6.07, 6.45) is 1.49. The SMILES string of the molecule is CCCN(CCC)S(=O)(=O)c1ccc(C(=O)N=c2sc3cccc(C)c3n2CCOCC)cc1. The van der Waals surface area contributed by atoms with Gasteiger partial charge in [0, 0.05) is 31.8 Å². The number of benzene rings is 2. The zero-order chi connectivity index (χ0) is 24.7. The summed E-state index contributed by atoms with van der Waals surface area (Å²) < 4.78 is 36.1. The number of aromatic nitrogens is 1. The first-order chi connectivity index (χ1) is 16.3. The molecular formula is C25H33N3O4S2. The molecule has 0 radical (unpaired) electrons. The maximum Gasteiger partial charge on any atom is 0.279 e. The molecule has 184 valence electrons. The molecule has 1 aromatic heterocycles. The Labute approximate surface area is 205 Å². The highest BCUT2D eigenvalue weighted by Crippen LogP contribution is 2.21. The highest BCUT2D eigenvalue weighted by Gasteiger charge is 2.23. The van der Waals surface area contributed by atoms with E-state index >= 15 is 0 Å². The summed E-state index contributed by atoms with van der Waals surface area (Å²) in [6.45, 7) is 10.6. The lowest BCUT2D eigenvalue weighted by Gasteiger charge is -2.21. The Balaban J connectivity index is 1.94. The van der Waals surface area contributed by atoms with Crippen LogP contribution in [0.15, 0.2) is 52.4 Å². The van der Waals surface area contributed by atoms with Gasteiger partial charge in [0.2, 0.25) is 10.0 Å². The van der Waals surface area contributed by atoms with Crippen molar-refractivity contribution in [3.05, 3.63) is 58.4 Å². The highest BCUT2D eigenvalue weighted by atomic mass is 32.2. The fourth-order valence-electron chi connectivity index (χ4n) is 3.82. The molecular weight excluding hydrogens is 470 g/mol. The lowest BCUT2D eigenvalue weighted by atomic mass is 10.2.